The lowest BCUT2D eigenvalue weighted by molar-refractivity contribution is -0.384. The van der Waals surface area contributed by atoms with E-state index in [1.807, 2.05) is 31.5 Å². The van der Waals surface area contributed by atoms with Gasteiger partial charge in [0.2, 0.25) is 0 Å². The number of rotatable bonds is 9. The van der Waals surface area contributed by atoms with Gasteiger partial charge in [0.25, 0.3) is 5.69 Å². The molecule has 0 atom stereocenters. The Hall–Kier alpha value is -3.03. The van der Waals surface area contributed by atoms with Crippen LogP contribution in [0, 0.1) is 10.1 Å². The van der Waals surface area contributed by atoms with Crippen LogP contribution in [0.15, 0.2) is 53.8 Å². The highest BCUT2D eigenvalue weighted by Gasteiger charge is 2.03. The van der Waals surface area contributed by atoms with Crippen LogP contribution in [-0.4, -0.2) is 41.6 Å². The summed E-state index contributed by atoms with van der Waals surface area (Å²) < 4.78 is 2.10. The monoisotopic (exact) mass is 344 g/mol. The Morgan fingerprint density at radius 2 is 1.88 bits per heavy atom. The largest absolute Gasteiger partial charge is 0.383 e. The summed E-state index contributed by atoms with van der Waals surface area (Å²) in [5.41, 5.74) is 0.927. The molecule has 1 aromatic heterocycles. The van der Waals surface area contributed by atoms with Gasteiger partial charge in [0.1, 0.15) is 0 Å². The molecule has 0 saturated carbocycles. The van der Waals surface area contributed by atoms with Crippen molar-refractivity contribution in [3.05, 3.63) is 58.9 Å². The Kier molecular flexibility index (Phi) is 7.30. The molecule has 0 saturated heterocycles. The molecule has 0 unspecified atom stereocenters. The van der Waals surface area contributed by atoms with Gasteiger partial charge in [0.05, 0.1) is 11.5 Å². The zero-order chi connectivity index (χ0) is 17.9. The molecule has 0 spiro atoms. The average Bonchev–Trinajstić information content (AvgIpc) is 3.12. The number of non-ortho nitro benzene ring substituents is 1. The summed E-state index contributed by atoms with van der Waals surface area (Å²) in [5, 5.41) is 20.3. The molecule has 2 aromatic rings. The van der Waals surface area contributed by atoms with Gasteiger partial charge in [-0.05, 0) is 31.2 Å². The molecule has 0 aliphatic carbocycles. The van der Waals surface area contributed by atoms with Crippen molar-refractivity contribution in [3.63, 3.8) is 0 Å². The van der Waals surface area contributed by atoms with Crippen LogP contribution >= 0.6 is 0 Å². The van der Waals surface area contributed by atoms with Crippen LogP contribution in [0.5, 0.6) is 0 Å². The molecule has 134 valence electrons. The molecule has 0 aliphatic heterocycles. The molecule has 8 nitrogen and oxygen atoms in total. The van der Waals surface area contributed by atoms with E-state index < -0.39 is 4.92 Å². The summed E-state index contributed by atoms with van der Waals surface area (Å²) in [6.07, 6.45) is 4.06. The van der Waals surface area contributed by atoms with Gasteiger partial charge in [-0.3, -0.25) is 15.1 Å². The molecule has 2 rings (SSSR count). The lowest BCUT2D eigenvalue weighted by Crippen LogP contribution is -2.39. The number of nitrogens with zero attached hydrogens (tertiary/aromatic N) is 3. The molecule has 0 amide bonds. The molecule has 0 fully saturated rings. The molecule has 1 aromatic carbocycles. The van der Waals surface area contributed by atoms with Gasteiger partial charge in [-0.15, -0.1) is 0 Å². The molecular formula is C17H24N6O2. The summed E-state index contributed by atoms with van der Waals surface area (Å²) in [6.45, 7) is 5.72. The Morgan fingerprint density at radius 3 is 2.52 bits per heavy atom. The smallest absolute Gasteiger partial charge is 0.269 e. The van der Waals surface area contributed by atoms with Gasteiger partial charge in [-0.2, -0.15) is 0 Å². The lowest BCUT2D eigenvalue weighted by Gasteiger charge is -2.12. The highest BCUT2D eigenvalue weighted by atomic mass is 16.6. The van der Waals surface area contributed by atoms with E-state index in [1.165, 1.54) is 12.1 Å². The van der Waals surface area contributed by atoms with Crippen LogP contribution in [-0.2, 0) is 6.54 Å². The summed E-state index contributed by atoms with van der Waals surface area (Å²) >= 11 is 0. The third kappa shape index (κ3) is 6.54. The molecule has 0 radical (unpaired) electrons. The fourth-order valence-electron chi connectivity index (χ4n) is 2.23. The van der Waals surface area contributed by atoms with Gasteiger partial charge in [0.15, 0.2) is 5.96 Å². The fraction of sp³-hybridized carbons (Fsp3) is 0.353. The minimum absolute atomic E-state index is 0.0879. The van der Waals surface area contributed by atoms with E-state index >= 15 is 0 Å². The van der Waals surface area contributed by atoms with E-state index in [-0.39, 0.29) is 5.69 Å². The van der Waals surface area contributed by atoms with Gasteiger partial charge in [-0.1, -0.05) is 0 Å². The van der Waals surface area contributed by atoms with E-state index in [0.717, 1.165) is 31.3 Å². The predicted molar refractivity (Wildman–Crippen MR) is 100.0 cm³/mol. The van der Waals surface area contributed by atoms with Gasteiger partial charge >= 0.3 is 0 Å². The summed E-state index contributed by atoms with van der Waals surface area (Å²) in [4.78, 5) is 14.7. The SMILES string of the molecule is CCNC(=NCCNc1ccc([N+](=O)[O-])cc1)NCCn1cccc1. The number of nitrogens with one attached hydrogen (secondary N) is 3. The minimum atomic E-state index is -0.407. The Bertz CT molecular complexity index is 667. The maximum atomic E-state index is 10.6. The zero-order valence-corrected chi connectivity index (χ0v) is 14.3. The van der Waals surface area contributed by atoms with Gasteiger partial charge in [0, 0.05) is 56.4 Å². The Balaban J connectivity index is 1.73. The summed E-state index contributed by atoms with van der Waals surface area (Å²) in [5.74, 6) is 0.778. The maximum Gasteiger partial charge on any atom is 0.269 e. The van der Waals surface area contributed by atoms with Crippen LogP contribution in [0.1, 0.15) is 6.92 Å². The van der Waals surface area contributed by atoms with Crippen molar-refractivity contribution >= 4 is 17.3 Å². The topological polar surface area (TPSA) is 96.5 Å². The first-order valence-electron chi connectivity index (χ1n) is 8.30. The molecule has 0 aliphatic rings. The number of hydrogen-bond donors (Lipinski definition) is 3. The molecule has 25 heavy (non-hydrogen) atoms. The van der Waals surface area contributed by atoms with E-state index in [9.17, 15) is 10.1 Å². The second kappa shape index (κ2) is 9.96. The molecule has 3 N–H and O–H groups in total. The highest BCUT2D eigenvalue weighted by Crippen LogP contribution is 2.14. The second-order valence-electron chi connectivity index (χ2n) is 5.34. The number of hydrogen-bond acceptors (Lipinski definition) is 4. The van der Waals surface area contributed by atoms with Crippen LogP contribution < -0.4 is 16.0 Å². The molecule has 0 bridgehead atoms. The van der Waals surface area contributed by atoms with Crippen molar-refractivity contribution in [2.75, 3.05) is 31.5 Å². The maximum absolute atomic E-state index is 10.6. The molecular weight excluding hydrogens is 320 g/mol. The fourth-order valence-corrected chi connectivity index (χ4v) is 2.23. The van der Waals surface area contributed by atoms with E-state index in [4.69, 9.17) is 0 Å². The van der Waals surface area contributed by atoms with E-state index in [0.29, 0.717) is 13.1 Å². The second-order valence-corrected chi connectivity index (χ2v) is 5.34. The van der Waals surface area contributed by atoms with E-state index in [2.05, 4.69) is 25.5 Å². The van der Waals surface area contributed by atoms with Crippen molar-refractivity contribution < 1.29 is 4.92 Å². The Labute approximate surface area is 147 Å². The number of aliphatic imine (C=N–C) groups is 1. The normalized spacial score (nSPS) is 11.2. The van der Waals surface area contributed by atoms with Crippen LogP contribution in [0.3, 0.4) is 0 Å². The summed E-state index contributed by atoms with van der Waals surface area (Å²) in [7, 11) is 0. The quantitative estimate of drug-likeness (QED) is 0.213. The first kappa shape index (κ1) is 18.3. The number of anilines is 1. The minimum Gasteiger partial charge on any atom is -0.383 e. The van der Waals surface area contributed by atoms with Crippen molar-refractivity contribution in [1.82, 2.24) is 15.2 Å². The van der Waals surface area contributed by atoms with Crippen molar-refractivity contribution in [2.45, 2.75) is 13.5 Å². The molecule has 8 heteroatoms. The Morgan fingerprint density at radius 1 is 1.16 bits per heavy atom. The number of aromatic nitrogens is 1. The van der Waals surface area contributed by atoms with Crippen molar-refractivity contribution in [1.29, 1.82) is 0 Å². The highest BCUT2D eigenvalue weighted by molar-refractivity contribution is 5.79. The van der Waals surface area contributed by atoms with E-state index in [1.54, 1.807) is 12.1 Å². The standard InChI is InChI=1S/C17H24N6O2/c1-2-18-17(21-11-14-22-12-3-4-13-22)20-10-9-19-15-5-7-16(8-6-15)23(24)25/h3-8,12-13,19H,2,9-11,14H2,1H3,(H2,18,20,21). The number of nitro groups is 1. The van der Waals surface area contributed by atoms with Gasteiger partial charge < -0.3 is 20.5 Å². The number of guanidine groups is 1. The first-order valence-corrected chi connectivity index (χ1v) is 8.30. The summed E-state index contributed by atoms with van der Waals surface area (Å²) in [6, 6.07) is 10.4. The van der Waals surface area contributed by atoms with Gasteiger partial charge in [-0.25, -0.2) is 0 Å². The third-order valence-corrected chi connectivity index (χ3v) is 3.46. The molecule has 1 heterocycles. The number of benzene rings is 1. The van der Waals surface area contributed by atoms with Crippen LogP contribution in [0.2, 0.25) is 0 Å². The third-order valence-electron chi connectivity index (χ3n) is 3.46. The predicted octanol–water partition coefficient (Wildman–Crippen LogP) is 2.06. The van der Waals surface area contributed by atoms with Crippen LogP contribution in [0.4, 0.5) is 11.4 Å². The lowest BCUT2D eigenvalue weighted by atomic mass is 10.3. The first-order chi connectivity index (χ1) is 12.2. The number of nitro benzene ring substituents is 1. The average molecular weight is 344 g/mol. The van der Waals surface area contributed by atoms with Crippen LogP contribution in [0.25, 0.3) is 0 Å². The van der Waals surface area contributed by atoms with Crippen molar-refractivity contribution in [2.24, 2.45) is 4.99 Å². The van der Waals surface area contributed by atoms with Crippen molar-refractivity contribution in [3.8, 4) is 0 Å². The zero-order valence-electron chi connectivity index (χ0n) is 14.3.